The van der Waals surface area contributed by atoms with Crippen LogP contribution in [0.25, 0.3) is 0 Å². The highest BCUT2D eigenvalue weighted by atomic mass is 127. The van der Waals surface area contributed by atoms with Gasteiger partial charge in [0.15, 0.2) is 15.8 Å². The van der Waals surface area contributed by atoms with E-state index in [2.05, 4.69) is 15.6 Å². The second-order valence-corrected chi connectivity index (χ2v) is 8.82. The number of hydrogen-bond donors (Lipinski definition) is 2. The Labute approximate surface area is 156 Å². The molecular formula is C14H29IN4O3S. The van der Waals surface area contributed by atoms with E-state index in [4.69, 9.17) is 0 Å². The third-order valence-electron chi connectivity index (χ3n) is 3.76. The number of carbonyl (C=O) groups excluding carboxylic acids is 1. The van der Waals surface area contributed by atoms with Gasteiger partial charge >= 0.3 is 0 Å². The van der Waals surface area contributed by atoms with Gasteiger partial charge in [-0.15, -0.1) is 24.0 Å². The molecule has 2 N–H and O–H groups in total. The molecule has 0 atom stereocenters. The van der Waals surface area contributed by atoms with Crippen molar-refractivity contribution in [3.05, 3.63) is 0 Å². The fraction of sp³-hybridized carbons (Fsp3) is 0.857. The first-order valence-electron chi connectivity index (χ1n) is 7.68. The van der Waals surface area contributed by atoms with E-state index in [1.807, 2.05) is 11.8 Å². The van der Waals surface area contributed by atoms with Crippen molar-refractivity contribution in [1.82, 2.24) is 15.5 Å². The minimum Gasteiger partial charge on any atom is -0.356 e. The monoisotopic (exact) mass is 460 g/mol. The molecule has 0 aromatic carbocycles. The van der Waals surface area contributed by atoms with Crippen LogP contribution >= 0.6 is 24.0 Å². The molecule has 0 aliphatic carbocycles. The van der Waals surface area contributed by atoms with E-state index in [0.717, 1.165) is 6.42 Å². The maximum Gasteiger partial charge on any atom is 0.221 e. The van der Waals surface area contributed by atoms with Crippen LogP contribution in [0.4, 0.5) is 0 Å². The first kappa shape index (κ1) is 22.4. The Kier molecular flexibility index (Phi) is 9.41. The lowest BCUT2D eigenvalue weighted by molar-refractivity contribution is -0.120. The zero-order valence-corrected chi connectivity index (χ0v) is 17.5. The normalized spacial score (nSPS) is 19.7. The number of amides is 1. The van der Waals surface area contributed by atoms with Gasteiger partial charge in [-0.1, -0.05) is 6.92 Å². The Bertz CT molecular complexity index is 520. The maximum absolute atomic E-state index is 12.0. The molecule has 1 amide bonds. The molecule has 0 radical (unpaired) electrons. The summed E-state index contributed by atoms with van der Waals surface area (Å²) in [5.41, 5.74) is 0. The first-order valence-corrected chi connectivity index (χ1v) is 9.33. The van der Waals surface area contributed by atoms with Crippen molar-refractivity contribution in [3.63, 3.8) is 0 Å². The van der Waals surface area contributed by atoms with Crippen molar-refractivity contribution < 1.29 is 13.2 Å². The Morgan fingerprint density at radius 1 is 1.26 bits per heavy atom. The van der Waals surface area contributed by atoms with Crippen molar-refractivity contribution in [1.29, 1.82) is 0 Å². The number of nitrogens with one attached hydrogen (secondary N) is 2. The first-order chi connectivity index (χ1) is 10.2. The van der Waals surface area contributed by atoms with Gasteiger partial charge in [-0.05, 0) is 20.3 Å². The lowest BCUT2D eigenvalue weighted by atomic mass is 10.2. The highest BCUT2D eigenvalue weighted by Crippen LogP contribution is 2.23. The summed E-state index contributed by atoms with van der Waals surface area (Å²) in [4.78, 5) is 17.7. The fourth-order valence-corrected chi connectivity index (χ4v) is 3.66. The van der Waals surface area contributed by atoms with Crippen LogP contribution in [0.5, 0.6) is 0 Å². The number of rotatable bonds is 5. The van der Waals surface area contributed by atoms with E-state index < -0.39 is 14.6 Å². The molecular weight excluding hydrogens is 431 g/mol. The van der Waals surface area contributed by atoms with Crippen molar-refractivity contribution in [3.8, 4) is 0 Å². The van der Waals surface area contributed by atoms with Crippen LogP contribution < -0.4 is 10.6 Å². The zero-order chi connectivity index (χ0) is 16.8. The van der Waals surface area contributed by atoms with E-state index >= 15 is 0 Å². The van der Waals surface area contributed by atoms with Gasteiger partial charge in [0.25, 0.3) is 0 Å². The van der Waals surface area contributed by atoms with Gasteiger partial charge in [0.1, 0.15) is 0 Å². The second-order valence-electron chi connectivity index (χ2n) is 6.07. The number of carbonyl (C=O) groups is 1. The molecule has 1 aliphatic rings. The SMILES string of the molecule is CCCNC(=O)CCNC(=NC)N1CCS(=O)(=O)C(C)(C)C1.I. The molecule has 0 unspecified atom stereocenters. The van der Waals surface area contributed by atoms with Crippen molar-refractivity contribution in [2.45, 2.75) is 38.4 Å². The summed E-state index contributed by atoms with van der Waals surface area (Å²) >= 11 is 0. The summed E-state index contributed by atoms with van der Waals surface area (Å²) in [5.74, 6) is 0.773. The molecule has 0 aromatic rings. The molecule has 7 nitrogen and oxygen atoms in total. The third kappa shape index (κ3) is 6.44. The number of guanidine groups is 1. The van der Waals surface area contributed by atoms with Gasteiger partial charge in [-0.25, -0.2) is 8.42 Å². The summed E-state index contributed by atoms with van der Waals surface area (Å²) in [6, 6.07) is 0. The number of nitrogens with zero attached hydrogens (tertiary/aromatic N) is 2. The van der Waals surface area contributed by atoms with Crippen LogP contribution in [-0.4, -0.2) is 68.9 Å². The molecule has 1 rings (SSSR count). The highest BCUT2D eigenvalue weighted by Gasteiger charge is 2.40. The Morgan fingerprint density at radius 2 is 1.91 bits per heavy atom. The Hall–Kier alpha value is -0.580. The largest absolute Gasteiger partial charge is 0.356 e. The van der Waals surface area contributed by atoms with E-state index in [1.165, 1.54) is 0 Å². The topological polar surface area (TPSA) is 90.9 Å². The molecule has 9 heteroatoms. The van der Waals surface area contributed by atoms with Gasteiger partial charge in [-0.3, -0.25) is 9.79 Å². The molecule has 1 saturated heterocycles. The third-order valence-corrected chi connectivity index (χ3v) is 6.30. The van der Waals surface area contributed by atoms with Crippen molar-refractivity contribution in [2.75, 3.05) is 39.0 Å². The van der Waals surface area contributed by atoms with Gasteiger partial charge in [0.2, 0.25) is 5.91 Å². The highest BCUT2D eigenvalue weighted by molar-refractivity contribution is 14.0. The molecule has 0 bridgehead atoms. The van der Waals surface area contributed by atoms with E-state index in [0.29, 0.717) is 38.6 Å². The lowest BCUT2D eigenvalue weighted by Crippen LogP contribution is -2.57. The van der Waals surface area contributed by atoms with E-state index in [-0.39, 0.29) is 35.6 Å². The van der Waals surface area contributed by atoms with Gasteiger partial charge < -0.3 is 15.5 Å². The standard InChI is InChI=1S/C14H28N4O3S.HI/c1-5-7-16-12(19)6-8-17-13(15-4)18-9-10-22(20,21)14(2,3)11-18;/h5-11H2,1-4H3,(H,15,17)(H,16,19);1H. The van der Waals surface area contributed by atoms with Crippen molar-refractivity contribution >= 4 is 45.7 Å². The second kappa shape index (κ2) is 9.65. The molecule has 23 heavy (non-hydrogen) atoms. The van der Waals surface area contributed by atoms with Gasteiger partial charge in [-0.2, -0.15) is 0 Å². The smallest absolute Gasteiger partial charge is 0.221 e. The van der Waals surface area contributed by atoms with Crippen LogP contribution in [0.1, 0.15) is 33.6 Å². The average Bonchev–Trinajstić information content (AvgIpc) is 2.44. The van der Waals surface area contributed by atoms with Crippen molar-refractivity contribution in [2.24, 2.45) is 4.99 Å². The van der Waals surface area contributed by atoms with Crippen LogP contribution in [0.15, 0.2) is 4.99 Å². The molecule has 0 saturated carbocycles. The Morgan fingerprint density at radius 3 is 2.43 bits per heavy atom. The lowest BCUT2D eigenvalue weighted by Gasteiger charge is -2.39. The molecule has 1 heterocycles. The Balaban J connectivity index is 0.00000484. The zero-order valence-electron chi connectivity index (χ0n) is 14.4. The van der Waals surface area contributed by atoms with E-state index in [1.54, 1.807) is 20.9 Å². The van der Waals surface area contributed by atoms with Crippen LogP contribution in [0, 0.1) is 0 Å². The molecule has 1 aliphatic heterocycles. The van der Waals surface area contributed by atoms with Crippen LogP contribution in [-0.2, 0) is 14.6 Å². The number of sulfone groups is 1. The minimum absolute atomic E-state index is 0. The number of hydrogen-bond acceptors (Lipinski definition) is 4. The summed E-state index contributed by atoms with van der Waals surface area (Å²) in [5, 5.41) is 5.95. The predicted octanol–water partition coefficient (Wildman–Crippen LogP) is 0.605. The number of halogens is 1. The van der Waals surface area contributed by atoms with Gasteiger partial charge in [0, 0.05) is 39.6 Å². The molecule has 0 aromatic heterocycles. The summed E-state index contributed by atoms with van der Waals surface area (Å²) in [6.07, 6.45) is 1.28. The van der Waals surface area contributed by atoms with Crippen LogP contribution in [0.3, 0.4) is 0 Å². The molecule has 136 valence electrons. The van der Waals surface area contributed by atoms with E-state index in [9.17, 15) is 13.2 Å². The molecule has 1 fully saturated rings. The minimum atomic E-state index is -3.07. The van der Waals surface area contributed by atoms with Crippen LogP contribution in [0.2, 0.25) is 0 Å². The molecule has 0 spiro atoms. The maximum atomic E-state index is 12.0. The summed E-state index contributed by atoms with van der Waals surface area (Å²) in [7, 11) is -1.41. The predicted molar refractivity (Wildman–Crippen MR) is 104 cm³/mol. The summed E-state index contributed by atoms with van der Waals surface area (Å²) < 4.78 is 23.3. The quantitative estimate of drug-likeness (QED) is 0.357. The fourth-order valence-electron chi connectivity index (χ4n) is 2.30. The number of aliphatic imine (C=N–C) groups is 1. The average molecular weight is 460 g/mol. The van der Waals surface area contributed by atoms with Gasteiger partial charge in [0.05, 0.1) is 10.5 Å². The summed E-state index contributed by atoms with van der Waals surface area (Å²) in [6.45, 7) is 7.47.